The van der Waals surface area contributed by atoms with Gasteiger partial charge in [-0.3, -0.25) is 0 Å². The summed E-state index contributed by atoms with van der Waals surface area (Å²) >= 11 is 0. The lowest BCUT2D eigenvalue weighted by molar-refractivity contribution is -0.889. The van der Waals surface area contributed by atoms with E-state index in [-0.39, 0.29) is 4.65 Å². The first-order chi connectivity index (χ1) is 7.70. The topological polar surface area (TPSA) is 43.3 Å². The first-order valence-electron chi connectivity index (χ1n) is 6.00. The fourth-order valence-electron chi connectivity index (χ4n) is 2.37. The summed E-state index contributed by atoms with van der Waals surface area (Å²) < 4.78 is -0.226. The van der Waals surface area contributed by atoms with Crippen LogP contribution >= 0.6 is 0 Å². The maximum atomic E-state index is 12.3. The third-order valence-corrected chi connectivity index (χ3v) is 3.32. The Hall–Kier alpha value is -0.900. The van der Waals surface area contributed by atoms with Crippen LogP contribution in [0.2, 0.25) is 0 Å². The lowest BCUT2D eigenvalue weighted by Crippen LogP contribution is -2.48. The highest BCUT2D eigenvalue weighted by Gasteiger charge is 2.24. The lowest BCUT2D eigenvalue weighted by Gasteiger charge is -2.46. The third-order valence-electron chi connectivity index (χ3n) is 3.32. The summed E-state index contributed by atoms with van der Waals surface area (Å²) in [4.78, 5) is 0. The van der Waals surface area contributed by atoms with E-state index in [0.29, 0.717) is 19.6 Å². The Morgan fingerprint density at radius 2 is 1.75 bits per heavy atom. The van der Waals surface area contributed by atoms with E-state index >= 15 is 0 Å². The van der Waals surface area contributed by atoms with Crippen LogP contribution in [0.15, 0.2) is 30.3 Å². The summed E-state index contributed by atoms with van der Waals surface area (Å²) in [5, 5.41) is 22.3. The normalized spacial score (nSPS) is 21.6. The average Bonchev–Trinajstić information content (AvgIpc) is 2.30. The van der Waals surface area contributed by atoms with E-state index in [0.717, 1.165) is 24.8 Å². The van der Waals surface area contributed by atoms with E-state index < -0.39 is 6.10 Å². The molecule has 0 bridgehead atoms. The van der Waals surface area contributed by atoms with Gasteiger partial charge in [0, 0.05) is 0 Å². The standard InChI is InChI=1S/C13H19NO2/c15-13(12-7-3-1-4-8-12)11-14(16)9-5-2-6-10-14/h1,3-4,7-8,13,15H,2,5-6,9-11H2. The minimum Gasteiger partial charge on any atom is -0.633 e. The van der Waals surface area contributed by atoms with Gasteiger partial charge < -0.3 is 15.0 Å². The van der Waals surface area contributed by atoms with Gasteiger partial charge in [-0.2, -0.15) is 0 Å². The van der Waals surface area contributed by atoms with E-state index in [2.05, 4.69) is 0 Å². The minimum atomic E-state index is -0.628. The smallest absolute Gasteiger partial charge is 0.128 e. The number of piperidine rings is 1. The van der Waals surface area contributed by atoms with Gasteiger partial charge in [0.25, 0.3) is 0 Å². The monoisotopic (exact) mass is 221 g/mol. The second-order valence-corrected chi connectivity index (χ2v) is 4.68. The van der Waals surface area contributed by atoms with Crippen molar-refractivity contribution in [3.63, 3.8) is 0 Å². The zero-order valence-corrected chi connectivity index (χ0v) is 9.51. The van der Waals surface area contributed by atoms with Crippen molar-refractivity contribution in [3.05, 3.63) is 41.1 Å². The zero-order chi connectivity index (χ0) is 11.4. The molecule has 1 N–H and O–H groups in total. The Kier molecular flexibility index (Phi) is 3.59. The van der Waals surface area contributed by atoms with Crippen molar-refractivity contribution in [2.75, 3.05) is 19.6 Å². The summed E-state index contributed by atoms with van der Waals surface area (Å²) in [6.07, 6.45) is 2.51. The number of aliphatic hydroxyl groups is 1. The summed E-state index contributed by atoms with van der Waals surface area (Å²) in [5.74, 6) is 0. The highest BCUT2D eigenvalue weighted by Crippen LogP contribution is 2.22. The number of hydrogen-bond acceptors (Lipinski definition) is 2. The SMILES string of the molecule is [O-][N+]1(CC(O)c2ccccc2)CCCCC1. The molecule has 88 valence electrons. The molecule has 0 aliphatic carbocycles. The number of benzene rings is 1. The molecular formula is C13H19NO2. The summed E-state index contributed by atoms with van der Waals surface area (Å²) in [7, 11) is 0. The van der Waals surface area contributed by atoms with Crippen molar-refractivity contribution < 1.29 is 9.75 Å². The van der Waals surface area contributed by atoms with Gasteiger partial charge in [0.15, 0.2) is 0 Å². The van der Waals surface area contributed by atoms with Gasteiger partial charge in [0.2, 0.25) is 0 Å². The van der Waals surface area contributed by atoms with Crippen LogP contribution in [0.3, 0.4) is 0 Å². The van der Waals surface area contributed by atoms with Crippen molar-refractivity contribution >= 4 is 0 Å². The molecule has 2 rings (SSSR count). The molecule has 0 aromatic heterocycles. The number of aliphatic hydroxyl groups excluding tert-OH is 1. The summed E-state index contributed by atoms with van der Waals surface area (Å²) in [6.45, 7) is 1.61. The Balaban J connectivity index is 1.98. The quantitative estimate of drug-likeness (QED) is 0.628. The van der Waals surface area contributed by atoms with E-state index in [9.17, 15) is 10.3 Å². The highest BCUT2D eigenvalue weighted by molar-refractivity contribution is 5.17. The van der Waals surface area contributed by atoms with Gasteiger partial charge in [-0.05, 0) is 24.8 Å². The van der Waals surface area contributed by atoms with Crippen LogP contribution in [0.1, 0.15) is 30.9 Å². The molecule has 1 aromatic carbocycles. The lowest BCUT2D eigenvalue weighted by atomic mass is 10.1. The van der Waals surface area contributed by atoms with Gasteiger partial charge >= 0.3 is 0 Å². The van der Waals surface area contributed by atoms with E-state index in [4.69, 9.17) is 0 Å². The van der Waals surface area contributed by atoms with E-state index in [1.165, 1.54) is 0 Å². The van der Waals surface area contributed by atoms with Gasteiger partial charge in [-0.1, -0.05) is 30.3 Å². The van der Waals surface area contributed by atoms with Crippen LogP contribution in [0, 0.1) is 5.21 Å². The minimum absolute atomic E-state index is 0.226. The number of likely N-dealkylation sites (tertiary alicyclic amines) is 1. The molecule has 0 spiro atoms. The molecule has 0 radical (unpaired) electrons. The predicted octanol–water partition coefficient (Wildman–Crippen LogP) is 2.22. The van der Waals surface area contributed by atoms with Gasteiger partial charge in [-0.25, -0.2) is 0 Å². The molecule has 1 unspecified atom stereocenters. The fraction of sp³-hybridized carbons (Fsp3) is 0.538. The van der Waals surface area contributed by atoms with Crippen molar-refractivity contribution in [1.29, 1.82) is 0 Å². The second kappa shape index (κ2) is 4.95. The van der Waals surface area contributed by atoms with E-state index in [1.54, 1.807) is 0 Å². The highest BCUT2D eigenvalue weighted by atomic mass is 16.5. The molecule has 1 fully saturated rings. The molecule has 3 heteroatoms. The molecule has 1 aromatic rings. The molecular weight excluding hydrogens is 202 g/mol. The molecule has 0 saturated carbocycles. The predicted molar refractivity (Wildman–Crippen MR) is 63.5 cm³/mol. The Labute approximate surface area is 96.5 Å². The molecule has 0 amide bonds. The number of hydrogen-bond donors (Lipinski definition) is 1. The Bertz CT molecular complexity index is 320. The molecule has 1 aliphatic rings. The molecule has 16 heavy (non-hydrogen) atoms. The van der Waals surface area contributed by atoms with E-state index in [1.807, 2.05) is 30.3 Å². The number of rotatable bonds is 3. The number of quaternary nitrogens is 1. The maximum absolute atomic E-state index is 12.3. The van der Waals surface area contributed by atoms with Crippen molar-refractivity contribution in [2.24, 2.45) is 0 Å². The van der Waals surface area contributed by atoms with Crippen LogP contribution in [-0.4, -0.2) is 29.4 Å². The summed E-state index contributed by atoms with van der Waals surface area (Å²) in [6, 6.07) is 9.45. The fourth-order valence-corrected chi connectivity index (χ4v) is 2.37. The molecule has 1 saturated heterocycles. The molecule has 1 heterocycles. The Morgan fingerprint density at radius 3 is 2.38 bits per heavy atom. The maximum Gasteiger partial charge on any atom is 0.128 e. The van der Waals surface area contributed by atoms with Crippen LogP contribution in [0.25, 0.3) is 0 Å². The largest absolute Gasteiger partial charge is 0.633 e. The van der Waals surface area contributed by atoms with Gasteiger partial charge in [0.05, 0.1) is 13.1 Å². The van der Waals surface area contributed by atoms with Crippen molar-refractivity contribution in [1.82, 2.24) is 0 Å². The molecule has 1 aliphatic heterocycles. The Morgan fingerprint density at radius 1 is 1.12 bits per heavy atom. The van der Waals surface area contributed by atoms with Crippen molar-refractivity contribution in [2.45, 2.75) is 25.4 Å². The average molecular weight is 221 g/mol. The summed E-state index contributed by atoms with van der Waals surface area (Å²) in [5.41, 5.74) is 0.849. The van der Waals surface area contributed by atoms with Gasteiger partial charge in [0.1, 0.15) is 12.6 Å². The van der Waals surface area contributed by atoms with Crippen molar-refractivity contribution in [3.8, 4) is 0 Å². The van der Waals surface area contributed by atoms with Crippen LogP contribution < -0.4 is 0 Å². The molecule has 1 atom stereocenters. The number of hydroxylamine groups is 3. The first-order valence-corrected chi connectivity index (χ1v) is 6.00. The first kappa shape index (κ1) is 11.6. The molecule has 3 nitrogen and oxygen atoms in total. The number of nitrogens with zero attached hydrogens (tertiary/aromatic N) is 1. The van der Waals surface area contributed by atoms with Crippen LogP contribution in [0.4, 0.5) is 0 Å². The van der Waals surface area contributed by atoms with Crippen LogP contribution in [0.5, 0.6) is 0 Å². The second-order valence-electron chi connectivity index (χ2n) is 4.68. The third kappa shape index (κ3) is 2.82. The van der Waals surface area contributed by atoms with Crippen LogP contribution in [-0.2, 0) is 0 Å². The van der Waals surface area contributed by atoms with Gasteiger partial charge in [-0.15, -0.1) is 0 Å². The zero-order valence-electron chi connectivity index (χ0n) is 9.51.